The van der Waals surface area contributed by atoms with Crippen LogP contribution in [0.1, 0.15) is 19.3 Å². The maximum Gasteiger partial charge on any atom is 0.321 e. The van der Waals surface area contributed by atoms with Crippen LogP contribution in [0, 0.1) is 0 Å². The predicted molar refractivity (Wildman–Crippen MR) is 71.7 cm³/mol. The van der Waals surface area contributed by atoms with Crippen molar-refractivity contribution in [3.8, 4) is 0 Å². The molecule has 108 valence electrons. The summed E-state index contributed by atoms with van der Waals surface area (Å²) in [6.45, 7) is 0. The molecule has 0 spiro atoms. The molecule has 0 aliphatic rings. The summed E-state index contributed by atoms with van der Waals surface area (Å²) in [6, 6.07) is -1.73. The summed E-state index contributed by atoms with van der Waals surface area (Å²) in [6.07, 6.45) is 1.62. The highest BCUT2D eigenvalue weighted by Gasteiger charge is 2.13. The summed E-state index contributed by atoms with van der Waals surface area (Å²) in [4.78, 5) is 32.2. The van der Waals surface area contributed by atoms with E-state index < -0.39 is 24.0 Å². The maximum absolute atomic E-state index is 11.5. The molecule has 8 heteroatoms. The van der Waals surface area contributed by atoms with Gasteiger partial charge in [0.25, 0.3) is 0 Å². The van der Waals surface area contributed by atoms with E-state index in [0.29, 0.717) is 0 Å². The Bertz CT molecular complexity index is 359. The van der Waals surface area contributed by atoms with Crippen LogP contribution in [0.5, 0.6) is 0 Å². The van der Waals surface area contributed by atoms with Crippen molar-refractivity contribution in [3.63, 3.8) is 0 Å². The molecule has 7 nitrogen and oxygen atoms in total. The van der Waals surface area contributed by atoms with Gasteiger partial charge in [0.15, 0.2) is 5.78 Å². The Labute approximate surface area is 115 Å². The lowest BCUT2D eigenvalue weighted by atomic mass is 10.1. The molecule has 0 saturated heterocycles. The van der Waals surface area contributed by atoms with Gasteiger partial charge in [0.1, 0.15) is 6.04 Å². The van der Waals surface area contributed by atoms with E-state index in [1.165, 1.54) is 11.8 Å². The first-order valence-electron chi connectivity index (χ1n) is 5.59. The van der Waals surface area contributed by atoms with Gasteiger partial charge in [-0.1, -0.05) is 6.08 Å². The zero-order valence-electron chi connectivity index (χ0n) is 10.3. The van der Waals surface area contributed by atoms with E-state index in [1.54, 1.807) is 11.5 Å². The highest BCUT2D eigenvalue weighted by molar-refractivity contribution is 8.02. The van der Waals surface area contributed by atoms with Crippen LogP contribution in [-0.4, -0.2) is 45.8 Å². The maximum atomic E-state index is 11.5. The Kier molecular flexibility index (Phi) is 8.84. The van der Waals surface area contributed by atoms with E-state index >= 15 is 0 Å². The molecular weight excluding hydrogens is 272 g/mol. The average molecular weight is 290 g/mol. The van der Waals surface area contributed by atoms with Gasteiger partial charge >= 0.3 is 11.9 Å². The number of carbonyl (C=O) groups is 3. The number of rotatable bonds is 10. The third kappa shape index (κ3) is 9.23. The van der Waals surface area contributed by atoms with Gasteiger partial charge < -0.3 is 21.7 Å². The van der Waals surface area contributed by atoms with Crippen molar-refractivity contribution in [1.82, 2.24) is 0 Å². The smallest absolute Gasteiger partial charge is 0.321 e. The molecule has 0 rings (SSSR count). The normalized spacial score (nSPS) is 14.2. The second kappa shape index (κ2) is 9.54. The van der Waals surface area contributed by atoms with Crippen LogP contribution in [0.4, 0.5) is 0 Å². The Morgan fingerprint density at radius 3 is 2.32 bits per heavy atom. The van der Waals surface area contributed by atoms with E-state index in [2.05, 4.69) is 0 Å². The average Bonchev–Trinajstić information content (AvgIpc) is 2.34. The fourth-order valence-electron chi connectivity index (χ4n) is 1.05. The number of nitrogens with two attached hydrogens (primary N) is 2. The Hall–Kier alpha value is -1.38. The van der Waals surface area contributed by atoms with Gasteiger partial charge in [-0.3, -0.25) is 14.4 Å². The summed E-state index contributed by atoms with van der Waals surface area (Å²) >= 11 is 1.19. The zero-order chi connectivity index (χ0) is 14.8. The van der Waals surface area contributed by atoms with Crippen molar-refractivity contribution < 1.29 is 24.6 Å². The van der Waals surface area contributed by atoms with Crippen LogP contribution >= 0.6 is 11.8 Å². The minimum atomic E-state index is -1.08. The van der Waals surface area contributed by atoms with Gasteiger partial charge in [0, 0.05) is 18.6 Å². The van der Waals surface area contributed by atoms with Crippen LogP contribution in [0.25, 0.3) is 0 Å². The van der Waals surface area contributed by atoms with Crippen molar-refractivity contribution >= 4 is 29.5 Å². The van der Waals surface area contributed by atoms with E-state index in [4.69, 9.17) is 21.7 Å². The van der Waals surface area contributed by atoms with Crippen LogP contribution in [0.2, 0.25) is 0 Å². The number of ketones is 1. The van der Waals surface area contributed by atoms with Gasteiger partial charge in [0.05, 0.1) is 6.04 Å². The number of carboxylic acid groups (broad SMARTS) is 2. The molecule has 0 amide bonds. The molecule has 0 saturated carbocycles. The van der Waals surface area contributed by atoms with E-state index in [9.17, 15) is 14.4 Å². The first-order valence-corrected chi connectivity index (χ1v) is 6.64. The molecule has 0 unspecified atom stereocenters. The number of Topliss-reactive ketones (excluding diaryl/α,β-unsaturated/α-hetero) is 1. The molecule has 2 atom stereocenters. The fourth-order valence-corrected chi connectivity index (χ4v) is 1.75. The molecule has 0 aromatic carbocycles. The van der Waals surface area contributed by atoms with Gasteiger partial charge in [0.2, 0.25) is 0 Å². The molecule has 0 radical (unpaired) electrons. The number of thioether (sulfide) groups is 1. The highest BCUT2D eigenvalue weighted by atomic mass is 32.2. The molecule has 0 aromatic rings. The first kappa shape index (κ1) is 17.6. The number of hydrogen-bond donors (Lipinski definition) is 4. The van der Waals surface area contributed by atoms with Crippen LogP contribution in [-0.2, 0) is 14.4 Å². The minimum absolute atomic E-state index is 0.0933. The molecule has 0 aliphatic heterocycles. The SMILES string of the molecule is N[C@@H](CSC=CCC(=O)[C@@H](N)CCC(=O)O)C(=O)O. The largest absolute Gasteiger partial charge is 0.481 e. The first-order chi connectivity index (χ1) is 8.84. The molecule has 0 fully saturated rings. The Balaban J connectivity index is 3.83. The topological polar surface area (TPSA) is 144 Å². The molecule has 0 aliphatic carbocycles. The molecular formula is C11H18N2O5S. The van der Waals surface area contributed by atoms with Crippen molar-refractivity contribution in [2.45, 2.75) is 31.3 Å². The third-order valence-electron chi connectivity index (χ3n) is 2.19. The van der Waals surface area contributed by atoms with Gasteiger partial charge in [-0.25, -0.2) is 0 Å². The summed E-state index contributed by atoms with van der Waals surface area (Å²) in [5.74, 6) is -2.10. The Morgan fingerprint density at radius 2 is 1.79 bits per heavy atom. The van der Waals surface area contributed by atoms with Crippen molar-refractivity contribution in [1.29, 1.82) is 0 Å². The number of carbonyl (C=O) groups excluding carboxylic acids is 1. The second-order valence-electron chi connectivity index (χ2n) is 3.86. The monoisotopic (exact) mass is 290 g/mol. The summed E-state index contributed by atoms with van der Waals surface area (Å²) in [5, 5.41) is 18.6. The van der Waals surface area contributed by atoms with Crippen LogP contribution in [0.3, 0.4) is 0 Å². The lowest BCUT2D eigenvalue weighted by molar-refractivity contribution is -0.138. The van der Waals surface area contributed by atoms with Crippen LogP contribution in [0.15, 0.2) is 11.5 Å². The predicted octanol–water partition coefficient (Wildman–Crippen LogP) is -0.203. The van der Waals surface area contributed by atoms with E-state index in [1.807, 2.05) is 0 Å². The summed E-state index contributed by atoms with van der Waals surface area (Å²) in [5.41, 5.74) is 10.8. The molecule has 0 heterocycles. The minimum Gasteiger partial charge on any atom is -0.481 e. The standard InChI is InChI=1S/C11H18N2O5S/c12-7(3-4-10(15)16)9(14)2-1-5-19-6-8(13)11(17)18/h1,5,7-8H,2-4,6,12-13H2,(H,15,16)(H,17,18)/t7-,8-/m0/s1. The summed E-state index contributed by atoms with van der Waals surface area (Å²) in [7, 11) is 0. The molecule has 0 aromatic heterocycles. The Morgan fingerprint density at radius 1 is 1.16 bits per heavy atom. The van der Waals surface area contributed by atoms with Crippen molar-refractivity contribution in [2.75, 3.05) is 5.75 Å². The lowest BCUT2D eigenvalue weighted by Crippen LogP contribution is -2.32. The number of aliphatic carboxylic acids is 2. The highest BCUT2D eigenvalue weighted by Crippen LogP contribution is 2.06. The van der Waals surface area contributed by atoms with Gasteiger partial charge in [-0.05, 0) is 11.8 Å². The molecule has 0 bridgehead atoms. The zero-order valence-corrected chi connectivity index (χ0v) is 11.1. The molecule has 19 heavy (non-hydrogen) atoms. The number of carboxylic acids is 2. The van der Waals surface area contributed by atoms with Gasteiger partial charge in [-0.2, -0.15) is 0 Å². The van der Waals surface area contributed by atoms with Gasteiger partial charge in [-0.15, -0.1) is 11.8 Å². The fraction of sp³-hybridized carbons (Fsp3) is 0.545. The second-order valence-corrected chi connectivity index (χ2v) is 4.80. The lowest BCUT2D eigenvalue weighted by Gasteiger charge is -2.06. The third-order valence-corrected chi connectivity index (χ3v) is 3.12. The van der Waals surface area contributed by atoms with Crippen LogP contribution < -0.4 is 11.5 Å². The van der Waals surface area contributed by atoms with E-state index in [-0.39, 0.29) is 30.8 Å². The van der Waals surface area contributed by atoms with E-state index in [0.717, 1.165) is 0 Å². The summed E-state index contributed by atoms with van der Waals surface area (Å²) < 4.78 is 0. The number of hydrogen-bond acceptors (Lipinski definition) is 6. The number of allylic oxidation sites excluding steroid dienone is 1. The molecule has 6 N–H and O–H groups in total. The van der Waals surface area contributed by atoms with Crippen molar-refractivity contribution in [3.05, 3.63) is 11.5 Å². The quantitative estimate of drug-likeness (QED) is 0.433. The van der Waals surface area contributed by atoms with Crippen molar-refractivity contribution in [2.24, 2.45) is 11.5 Å².